The second kappa shape index (κ2) is 16.0. The molecule has 0 fully saturated rings. The highest BCUT2D eigenvalue weighted by Crippen LogP contribution is 2.26. The zero-order valence-corrected chi connectivity index (χ0v) is 19.1. The van der Waals surface area contributed by atoms with E-state index in [2.05, 4.69) is 25.1 Å². The molecule has 29 heavy (non-hydrogen) atoms. The molecule has 0 aliphatic heterocycles. The number of hydrogen-bond acceptors (Lipinski definition) is 5. The highest BCUT2D eigenvalue weighted by molar-refractivity contribution is 7.18. The van der Waals surface area contributed by atoms with Crippen molar-refractivity contribution in [3.05, 3.63) is 29.3 Å². The molecule has 0 spiro atoms. The summed E-state index contributed by atoms with van der Waals surface area (Å²) in [4.78, 5) is 0. The molecule has 0 unspecified atom stereocenters. The fourth-order valence-corrected chi connectivity index (χ4v) is 4.25. The lowest BCUT2D eigenvalue weighted by atomic mass is 10.0. The van der Waals surface area contributed by atoms with Gasteiger partial charge in [0.25, 0.3) is 0 Å². The summed E-state index contributed by atoms with van der Waals surface area (Å²) in [5, 5.41) is 1.19. The molecule has 0 aliphatic rings. The third kappa shape index (κ3) is 15.7. The van der Waals surface area contributed by atoms with Crippen LogP contribution in [0.5, 0.6) is 0 Å². The van der Waals surface area contributed by atoms with Crippen LogP contribution in [-0.4, -0.2) is 0 Å². The molecule has 166 valence electrons. The van der Waals surface area contributed by atoms with Crippen LogP contribution in [0.1, 0.15) is 95.5 Å². The van der Waals surface area contributed by atoms with Gasteiger partial charge in [-0.05, 0) is 23.8 Å². The predicted octanol–water partition coefficient (Wildman–Crippen LogP) is 3.65. The Hall–Kier alpha value is -0.760. The van der Waals surface area contributed by atoms with E-state index < -0.39 is 10.2 Å². The van der Waals surface area contributed by atoms with Crippen molar-refractivity contribution < 1.29 is 33.3 Å². The second-order valence-electron chi connectivity index (χ2n) is 7.39. The molecule has 0 amide bonds. The third-order valence-corrected chi connectivity index (χ3v) is 5.85. The number of halogens is 1. The normalized spacial score (nSPS) is 11.5. The van der Waals surface area contributed by atoms with E-state index in [1.165, 1.54) is 93.2 Å². The van der Waals surface area contributed by atoms with Crippen LogP contribution in [0.25, 0.3) is 10.3 Å². The summed E-state index contributed by atoms with van der Waals surface area (Å²) >= 11 is 1.81. The van der Waals surface area contributed by atoms with Gasteiger partial charge in [-0.15, -0.1) is 10.2 Å². The standard InChI is InChI=1S/C22H35OS.ClHO4/c1-2-3-4-5-6-7-8-9-10-11-12-13-14-19-22-23-20-17-15-16-18-21(20)24-22;2-1(3,4)5/h15-18H,2-14,19H2,1H3;(H,2,3,4,5)/q+1;/p-1. The van der Waals surface area contributed by atoms with Crippen LogP contribution in [-0.2, 0) is 6.42 Å². The molecule has 0 saturated heterocycles. The highest BCUT2D eigenvalue weighted by atomic mass is 35.7. The average molecular weight is 447 g/mol. The number of aryl methyl sites for hydroxylation is 1. The van der Waals surface area contributed by atoms with Gasteiger partial charge in [0.05, 0.1) is 6.42 Å². The van der Waals surface area contributed by atoms with Crippen LogP contribution in [0.15, 0.2) is 28.7 Å². The minimum Gasteiger partial charge on any atom is -0.222 e. The van der Waals surface area contributed by atoms with E-state index in [1.807, 2.05) is 17.4 Å². The fourth-order valence-electron chi connectivity index (χ4n) is 3.27. The number of para-hydroxylation sites is 1. The topological polar surface area (TPSA) is 104 Å². The first-order valence-electron chi connectivity index (χ1n) is 10.8. The minimum atomic E-state index is -4.94. The molecule has 1 heterocycles. The molecular weight excluding hydrogens is 412 g/mol. The fraction of sp³-hybridized carbons (Fsp3) is 0.682. The van der Waals surface area contributed by atoms with E-state index in [0.29, 0.717) is 0 Å². The molecule has 0 atom stereocenters. The van der Waals surface area contributed by atoms with Crippen LogP contribution < -0.4 is 18.6 Å². The lowest BCUT2D eigenvalue weighted by Gasteiger charge is -2.17. The number of rotatable bonds is 14. The van der Waals surface area contributed by atoms with Crippen molar-refractivity contribution in [2.45, 2.75) is 96.8 Å². The Morgan fingerprint density at radius 1 is 0.724 bits per heavy atom. The van der Waals surface area contributed by atoms with Gasteiger partial charge in [-0.3, -0.25) is 0 Å². The quantitative estimate of drug-likeness (QED) is 0.325. The van der Waals surface area contributed by atoms with Gasteiger partial charge >= 0.3 is 10.7 Å². The molecule has 0 saturated carbocycles. The maximum absolute atomic E-state index is 8.49. The van der Waals surface area contributed by atoms with Gasteiger partial charge in [-0.1, -0.05) is 96.1 Å². The Kier molecular flexibility index (Phi) is 14.5. The van der Waals surface area contributed by atoms with E-state index in [4.69, 9.17) is 23.1 Å². The molecule has 7 heteroatoms. The largest absolute Gasteiger partial charge is 0.386 e. The van der Waals surface area contributed by atoms with E-state index in [-0.39, 0.29) is 0 Å². The highest BCUT2D eigenvalue weighted by Gasteiger charge is 2.16. The smallest absolute Gasteiger partial charge is 0.222 e. The van der Waals surface area contributed by atoms with Gasteiger partial charge in [0.15, 0.2) is 0 Å². The van der Waals surface area contributed by atoms with Crippen molar-refractivity contribution in [3.8, 4) is 0 Å². The summed E-state index contributed by atoms with van der Waals surface area (Å²) in [6.07, 6.45) is 19.5. The number of unbranched alkanes of at least 4 members (excludes halogenated alkanes) is 12. The molecular formula is C22H35ClO5S. The first-order chi connectivity index (χ1) is 13.9. The van der Waals surface area contributed by atoms with E-state index >= 15 is 0 Å². The summed E-state index contributed by atoms with van der Waals surface area (Å²) in [5.41, 5.74) is 1.05. The summed E-state index contributed by atoms with van der Waals surface area (Å²) in [7, 11) is -4.94. The van der Waals surface area contributed by atoms with Crippen molar-refractivity contribution in [1.29, 1.82) is 0 Å². The Morgan fingerprint density at radius 2 is 1.17 bits per heavy atom. The summed E-state index contributed by atoms with van der Waals surface area (Å²) in [6.45, 7) is 2.29. The molecule has 2 rings (SSSR count). The van der Waals surface area contributed by atoms with Crippen LogP contribution in [0.4, 0.5) is 0 Å². The first kappa shape index (κ1) is 26.3. The van der Waals surface area contributed by atoms with Crippen LogP contribution in [0, 0.1) is 10.2 Å². The molecule has 2 aromatic rings. The Morgan fingerprint density at radius 3 is 1.66 bits per heavy atom. The van der Waals surface area contributed by atoms with Gasteiger partial charge in [0, 0.05) is 6.07 Å². The van der Waals surface area contributed by atoms with Gasteiger partial charge in [-0.25, -0.2) is 18.6 Å². The van der Waals surface area contributed by atoms with Gasteiger partial charge in [-0.2, -0.15) is 4.42 Å². The van der Waals surface area contributed by atoms with Crippen molar-refractivity contribution in [3.63, 3.8) is 0 Å². The zero-order chi connectivity index (χ0) is 21.4. The maximum atomic E-state index is 8.49. The monoisotopic (exact) mass is 446 g/mol. The lowest BCUT2D eigenvalue weighted by Crippen LogP contribution is -2.68. The van der Waals surface area contributed by atoms with Crippen LogP contribution in [0.3, 0.4) is 0 Å². The minimum absolute atomic E-state index is 1.05. The lowest BCUT2D eigenvalue weighted by molar-refractivity contribution is -2.00. The Labute approximate surface area is 181 Å². The van der Waals surface area contributed by atoms with E-state index in [1.54, 1.807) is 0 Å². The van der Waals surface area contributed by atoms with Crippen molar-refractivity contribution >= 4 is 21.6 Å². The third-order valence-electron chi connectivity index (χ3n) is 4.78. The Balaban J connectivity index is 0.000000749. The molecule has 0 aliphatic carbocycles. The molecule has 1 aromatic heterocycles. The van der Waals surface area contributed by atoms with Crippen molar-refractivity contribution in [2.75, 3.05) is 0 Å². The molecule has 0 bridgehead atoms. The van der Waals surface area contributed by atoms with Crippen LogP contribution in [0.2, 0.25) is 0 Å². The van der Waals surface area contributed by atoms with E-state index in [0.717, 1.165) is 12.0 Å². The predicted molar refractivity (Wildman–Crippen MR) is 108 cm³/mol. The average Bonchev–Trinajstić information content (AvgIpc) is 3.07. The maximum Gasteiger partial charge on any atom is 0.386 e. The second-order valence-corrected chi connectivity index (χ2v) is 9.25. The summed E-state index contributed by atoms with van der Waals surface area (Å²) < 4.78 is 41.1. The first-order valence-corrected chi connectivity index (χ1v) is 12.9. The van der Waals surface area contributed by atoms with Gasteiger partial charge < -0.3 is 0 Å². The Bertz CT molecular complexity index is 602. The van der Waals surface area contributed by atoms with E-state index in [9.17, 15) is 0 Å². The molecule has 5 nitrogen and oxygen atoms in total. The number of hydrogen-bond donors (Lipinski definition) is 0. The summed E-state index contributed by atoms with van der Waals surface area (Å²) in [5.74, 6) is 0. The molecule has 0 N–H and O–H groups in total. The van der Waals surface area contributed by atoms with Crippen molar-refractivity contribution in [2.24, 2.45) is 0 Å². The SMILES string of the molecule is CCCCCCCCCCCCCCCc1[o+]c2ccccc2s1.[O-][Cl+3]([O-])([O-])[O-]. The van der Waals surface area contributed by atoms with Gasteiger partial charge in [0.1, 0.15) is 4.70 Å². The molecule has 1 aromatic carbocycles. The molecule has 0 radical (unpaired) electrons. The van der Waals surface area contributed by atoms with Gasteiger partial charge in [0.2, 0.25) is 0 Å². The number of fused-ring (bicyclic) bond motifs is 1. The van der Waals surface area contributed by atoms with Crippen molar-refractivity contribution in [1.82, 2.24) is 0 Å². The number of benzene rings is 1. The zero-order valence-electron chi connectivity index (χ0n) is 17.5. The summed E-state index contributed by atoms with van der Waals surface area (Å²) in [6, 6.07) is 8.35. The van der Waals surface area contributed by atoms with Crippen LogP contribution >= 0.6 is 11.3 Å².